The van der Waals surface area contributed by atoms with E-state index in [1.807, 2.05) is 24.3 Å². The summed E-state index contributed by atoms with van der Waals surface area (Å²) in [6.45, 7) is 3.61. The number of fused-ring (bicyclic) bond motifs is 2. The third-order valence-corrected chi connectivity index (χ3v) is 4.22. The molecule has 1 aromatic rings. The molecule has 0 spiro atoms. The second-order valence-electron chi connectivity index (χ2n) is 5.67. The molecule has 0 aromatic heterocycles. The predicted octanol–water partition coefficient (Wildman–Crippen LogP) is 1.06. The van der Waals surface area contributed by atoms with Crippen molar-refractivity contribution >= 4 is 11.6 Å². The second-order valence-corrected chi connectivity index (χ2v) is 5.67. The summed E-state index contributed by atoms with van der Waals surface area (Å²) in [5.41, 5.74) is 6.16. The largest absolute Gasteiger partial charge is 0.484 e. The minimum atomic E-state index is -0.458. The summed E-state index contributed by atoms with van der Waals surface area (Å²) in [5.74, 6) is 0.986. The van der Waals surface area contributed by atoms with E-state index in [2.05, 4.69) is 10.2 Å². The summed E-state index contributed by atoms with van der Waals surface area (Å²) in [6.07, 6.45) is 2.52. The normalized spacial score (nSPS) is 28.1. The van der Waals surface area contributed by atoms with Crippen LogP contribution in [0.3, 0.4) is 0 Å². The van der Waals surface area contributed by atoms with Gasteiger partial charge in [-0.2, -0.15) is 0 Å². The van der Waals surface area contributed by atoms with Crippen molar-refractivity contribution in [2.75, 3.05) is 31.6 Å². The van der Waals surface area contributed by atoms with Gasteiger partial charge in [0.1, 0.15) is 5.75 Å². The van der Waals surface area contributed by atoms with Crippen LogP contribution in [-0.4, -0.2) is 43.1 Å². The van der Waals surface area contributed by atoms with Gasteiger partial charge >= 0.3 is 0 Å². The van der Waals surface area contributed by atoms with Gasteiger partial charge in [0.15, 0.2) is 6.61 Å². The zero-order valence-corrected chi connectivity index (χ0v) is 11.5. The molecular formula is C15H21N3O2. The highest BCUT2D eigenvalue weighted by Gasteiger charge is 2.33. The highest BCUT2D eigenvalue weighted by Crippen LogP contribution is 2.29. The van der Waals surface area contributed by atoms with Gasteiger partial charge in [-0.1, -0.05) is 0 Å². The SMILES string of the molecule is NC(=O)COc1ccc(NC2CCN3CCC2C3)cc1. The van der Waals surface area contributed by atoms with Crippen LogP contribution < -0.4 is 15.8 Å². The second kappa shape index (κ2) is 5.71. The van der Waals surface area contributed by atoms with E-state index in [4.69, 9.17) is 10.5 Å². The average Bonchev–Trinajstić information content (AvgIpc) is 2.84. The Bertz CT molecular complexity index is 475. The van der Waals surface area contributed by atoms with Crippen LogP contribution in [0.2, 0.25) is 0 Å². The number of carbonyl (C=O) groups excluding carboxylic acids is 1. The zero-order valence-electron chi connectivity index (χ0n) is 11.5. The fourth-order valence-electron chi connectivity index (χ4n) is 3.16. The lowest BCUT2D eigenvalue weighted by molar-refractivity contribution is -0.119. The van der Waals surface area contributed by atoms with E-state index in [-0.39, 0.29) is 6.61 Å². The van der Waals surface area contributed by atoms with E-state index in [9.17, 15) is 4.79 Å². The van der Waals surface area contributed by atoms with E-state index in [1.165, 1.54) is 32.5 Å². The quantitative estimate of drug-likeness (QED) is 0.843. The first-order valence-corrected chi connectivity index (χ1v) is 7.21. The maximum atomic E-state index is 10.7. The fraction of sp³-hybridized carbons (Fsp3) is 0.533. The molecule has 3 N–H and O–H groups in total. The lowest BCUT2D eigenvalue weighted by atomic mass is 9.94. The molecule has 1 aromatic carbocycles. The van der Waals surface area contributed by atoms with Gasteiger partial charge in [-0.25, -0.2) is 0 Å². The Labute approximate surface area is 119 Å². The van der Waals surface area contributed by atoms with Gasteiger partial charge in [-0.15, -0.1) is 0 Å². The molecule has 1 amide bonds. The Morgan fingerprint density at radius 2 is 2.05 bits per heavy atom. The summed E-state index contributed by atoms with van der Waals surface area (Å²) in [6, 6.07) is 8.31. The standard InChI is InChI=1S/C15H21N3O2/c16-15(19)10-20-13-3-1-12(2-4-13)17-14-6-8-18-7-5-11(14)9-18/h1-4,11,14,17H,5-10H2,(H2,16,19). The molecule has 2 fully saturated rings. The molecular weight excluding hydrogens is 254 g/mol. The van der Waals surface area contributed by atoms with Crippen molar-refractivity contribution in [3.63, 3.8) is 0 Å². The summed E-state index contributed by atoms with van der Waals surface area (Å²) < 4.78 is 5.25. The first-order chi connectivity index (χ1) is 9.70. The maximum Gasteiger partial charge on any atom is 0.255 e. The van der Waals surface area contributed by atoms with E-state index < -0.39 is 5.91 Å². The van der Waals surface area contributed by atoms with Crippen LogP contribution in [0.4, 0.5) is 5.69 Å². The van der Waals surface area contributed by atoms with Gasteiger partial charge in [0, 0.05) is 24.8 Å². The van der Waals surface area contributed by atoms with Gasteiger partial charge in [0.05, 0.1) is 0 Å². The van der Waals surface area contributed by atoms with Crippen LogP contribution >= 0.6 is 0 Å². The molecule has 2 aliphatic rings. The van der Waals surface area contributed by atoms with Crippen molar-refractivity contribution in [2.24, 2.45) is 11.7 Å². The number of ether oxygens (including phenoxy) is 1. The number of nitrogens with one attached hydrogen (secondary N) is 1. The molecule has 0 radical (unpaired) electrons. The first kappa shape index (κ1) is 13.2. The molecule has 108 valence electrons. The minimum absolute atomic E-state index is 0.0761. The molecule has 2 heterocycles. The van der Waals surface area contributed by atoms with Gasteiger partial charge < -0.3 is 20.7 Å². The van der Waals surface area contributed by atoms with Crippen LogP contribution in [-0.2, 0) is 4.79 Å². The number of nitrogens with zero attached hydrogens (tertiary/aromatic N) is 1. The summed E-state index contributed by atoms with van der Waals surface area (Å²) in [5, 5.41) is 3.63. The number of piperidine rings is 1. The van der Waals surface area contributed by atoms with Crippen LogP contribution in [0.25, 0.3) is 0 Å². The van der Waals surface area contributed by atoms with E-state index >= 15 is 0 Å². The molecule has 2 saturated heterocycles. The van der Waals surface area contributed by atoms with E-state index in [0.29, 0.717) is 11.8 Å². The topological polar surface area (TPSA) is 67.6 Å². The van der Waals surface area contributed by atoms with E-state index in [0.717, 1.165) is 11.6 Å². The van der Waals surface area contributed by atoms with Gasteiger partial charge in [-0.3, -0.25) is 4.79 Å². The van der Waals surface area contributed by atoms with Crippen molar-refractivity contribution in [3.8, 4) is 5.75 Å². The van der Waals surface area contributed by atoms with Crippen molar-refractivity contribution in [1.82, 2.24) is 4.90 Å². The van der Waals surface area contributed by atoms with Gasteiger partial charge in [0.25, 0.3) is 5.91 Å². The molecule has 20 heavy (non-hydrogen) atoms. The number of benzene rings is 1. The third kappa shape index (κ3) is 3.04. The molecule has 5 heteroatoms. The lowest BCUT2D eigenvalue weighted by Crippen LogP contribution is -2.39. The number of hydrogen-bond acceptors (Lipinski definition) is 4. The molecule has 2 aliphatic heterocycles. The number of amides is 1. The number of rotatable bonds is 5. The highest BCUT2D eigenvalue weighted by atomic mass is 16.5. The molecule has 5 nitrogen and oxygen atoms in total. The number of nitrogens with two attached hydrogens (primary N) is 1. The molecule has 3 rings (SSSR count). The lowest BCUT2D eigenvalue weighted by Gasteiger charge is -2.31. The summed E-state index contributed by atoms with van der Waals surface area (Å²) in [4.78, 5) is 13.2. The Hall–Kier alpha value is -1.75. The molecule has 0 saturated carbocycles. The van der Waals surface area contributed by atoms with Crippen molar-refractivity contribution in [3.05, 3.63) is 24.3 Å². The first-order valence-electron chi connectivity index (χ1n) is 7.21. The van der Waals surface area contributed by atoms with Crippen molar-refractivity contribution in [2.45, 2.75) is 18.9 Å². The van der Waals surface area contributed by atoms with Crippen LogP contribution in [0.1, 0.15) is 12.8 Å². The average molecular weight is 275 g/mol. The van der Waals surface area contributed by atoms with E-state index in [1.54, 1.807) is 0 Å². The predicted molar refractivity (Wildman–Crippen MR) is 77.7 cm³/mol. The Morgan fingerprint density at radius 1 is 1.30 bits per heavy atom. The molecule has 3 atom stereocenters. The molecule has 3 unspecified atom stereocenters. The number of carbonyl (C=O) groups is 1. The summed E-state index contributed by atoms with van der Waals surface area (Å²) >= 11 is 0. The Morgan fingerprint density at radius 3 is 2.80 bits per heavy atom. The van der Waals surface area contributed by atoms with Crippen LogP contribution in [0.5, 0.6) is 5.75 Å². The van der Waals surface area contributed by atoms with Crippen LogP contribution in [0.15, 0.2) is 24.3 Å². The van der Waals surface area contributed by atoms with Crippen LogP contribution in [0, 0.1) is 5.92 Å². The highest BCUT2D eigenvalue weighted by molar-refractivity contribution is 5.75. The smallest absolute Gasteiger partial charge is 0.255 e. The maximum absolute atomic E-state index is 10.7. The van der Waals surface area contributed by atoms with Gasteiger partial charge in [0.2, 0.25) is 0 Å². The van der Waals surface area contributed by atoms with Crippen molar-refractivity contribution < 1.29 is 9.53 Å². The Balaban J connectivity index is 1.56. The monoisotopic (exact) mass is 275 g/mol. The minimum Gasteiger partial charge on any atom is -0.484 e. The number of primary amides is 1. The number of anilines is 1. The molecule has 0 aliphatic carbocycles. The fourth-order valence-corrected chi connectivity index (χ4v) is 3.16. The number of hydrogen-bond donors (Lipinski definition) is 2. The van der Waals surface area contributed by atoms with Gasteiger partial charge in [-0.05, 0) is 49.6 Å². The van der Waals surface area contributed by atoms with Crippen molar-refractivity contribution in [1.29, 1.82) is 0 Å². The Kier molecular flexibility index (Phi) is 3.78. The molecule has 2 bridgehead atoms. The third-order valence-electron chi connectivity index (χ3n) is 4.22. The summed E-state index contributed by atoms with van der Waals surface area (Å²) in [7, 11) is 0. The zero-order chi connectivity index (χ0) is 13.9.